The Balaban J connectivity index is 1.75. The molecule has 0 spiro atoms. The van der Waals surface area contributed by atoms with Crippen LogP contribution >= 0.6 is 0 Å². The molecule has 8 heteroatoms. The van der Waals surface area contributed by atoms with Gasteiger partial charge in [-0.15, -0.1) is 0 Å². The number of hydrogen-bond donors (Lipinski definition) is 1. The number of carbonyl (C=O) groups is 2. The van der Waals surface area contributed by atoms with Gasteiger partial charge in [-0.1, -0.05) is 13.8 Å². The van der Waals surface area contributed by atoms with Crippen molar-refractivity contribution in [3.05, 3.63) is 53.4 Å². The van der Waals surface area contributed by atoms with Crippen molar-refractivity contribution < 1.29 is 14.0 Å². The van der Waals surface area contributed by atoms with E-state index in [1.165, 1.54) is 30.5 Å². The molecule has 0 saturated carbocycles. The summed E-state index contributed by atoms with van der Waals surface area (Å²) in [5.74, 6) is -0.0561. The van der Waals surface area contributed by atoms with E-state index >= 15 is 0 Å². The van der Waals surface area contributed by atoms with Crippen LogP contribution in [0.5, 0.6) is 0 Å². The fourth-order valence-corrected chi connectivity index (χ4v) is 3.83. The lowest BCUT2D eigenvalue weighted by molar-refractivity contribution is -0.136. The van der Waals surface area contributed by atoms with Gasteiger partial charge in [-0.3, -0.25) is 14.5 Å². The third-order valence-electron chi connectivity index (χ3n) is 5.72. The number of aromatic nitrogens is 2. The van der Waals surface area contributed by atoms with Crippen molar-refractivity contribution in [1.82, 2.24) is 19.8 Å². The molecule has 1 atom stereocenters. The van der Waals surface area contributed by atoms with Crippen molar-refractivity contribution in [3.63, 3.8) is 0 Å². The average Bonchev–Trinajstić information content (AvgIpc) is 2.78. The summed E-state index contributed by atoms with van der Waals surface area (Å²) in [7, 11) is 0. The fourth-order valence-electron chi connectivity index (χ4n) is 3.83. The van der Waals surface area contributed by atoms with Gasteiger partial charge in [0.25, 0.3) is 5.91 Å². The zero-order valence-corrected chi connectivity index (χ0v) is 18.4. The number of likely N-dealkylation sites (N-methyl/N-ethyl adjacent to an activating group) is 1. The van der Waals surface area contributed by atoms with Crippen LogP contribution in [0.3, 0.4) is 0 Å². The zero-order chi connectivity index (χ0) is 22.4. The number of benzene rings is 1. The summed E-state index contributed by atoms with van der Waals surface area (Å²) in [4.78, 5) is 38.6. The van der Waals surface area contributed by atoms with Crippen LogP contribution < -0.4 is 5.32 Å². The minimum atomic E-state index is -0.366. The van der Waals surface area contributed by atoms with Gasteiger partial charge in [0, 0.05) is 18.4 Å². The third-order valence-corrected chi connectivity index (χ3v) is 5.72. The number of piperidine rings is 1. The molecule has 1 fully saturated rings. The van der Waals surface area contributed by atoms with Gasteiger partial charge in [0.1, 0.15) is 5.82 Å². The molecule has 1 saturated heterocycles. The van der Waals surface area contributed by atoms with E-state index in [-0.39, 0.29) is 23.7 Å². The summed E-state index contributed by atoms with van der Waals surface area (Å²) in [6.45, 7) is 8.60. The van der Waals surface area contributed by atoms with Crippen LogP contribution in [0.4, 0.5) is 10.1 Å². The van der Waals surface area contributed by atoms with Crippen LogP contribution in [-0.2, 0) is 4.79 Å². The summed E-state index contributed by atoms with van der Waals surface area (Å²) < 4.78 is 13.1. The number of nitrogens with zero attached hydrogens (tertiary/aromatic N) is 4. The molecular formula is C23H30FN5O2. The van der Waals surface area contributed by atoms with Gasteiger partial charge in [0.15, 0.2) is 5.82 Å². The average molecular weight is 428 g/mol. The van der Waals surface area contributed by atoms with E-state index in [4.69, 9.17) is 0 Å². The monoisotopic (exact) mass is 427 g/mol. The molecule has 0 radical (unpaired) electrons. The molecule has 2 heterocycles. The van der Waals surface area contributed by atoms with E-state index in [1.54, 1.807) is 6.92 Å². The first-order valence-corrected chi connectivity index (χ1v) is 10.8. The number of carbonyl (C=O) groups excluding carboxylic acids is 2. The van der Waals surface area contributed by atoms with Crippen LogP contribution in [0.2, 0.25) is 0 Å². The van der Waals surface area contributed by atoms with Crippen LogP contribution in [-0.4, -0.2) is 57.8 Å². The van der Waals surface area contributed by atoms with Crippen LogP contribution in [0, 0.1) is 12.7 Å². The lowest BCUT2D eigenvalue weighted by atomic mass is 10.0. The summed E-state index contributed by atoms with van der Waals surface area (Å²) >= 11 is 0. The standard InChI is InChI=1S/C23H30FN5O2/c1-4-28(5-2)15-21(30)29-13-7-6-8-20(29)22-25-14-19(16(3)26-22)23(31)27-18-11-9-17(24)10-12-18/h9-12,14,20H,4-8,13,15H2,1-3H3,(H,27,31). The molecule has 1 aromatic carbocycles. The van der Waals surface area contributed by atoms with Gasteiger partial charge >= 0.3 is 0 Å². The van der Waals surface area contributed by atoms with Crippen molar-refractivity contribution in [3.8, 4) is 0 Å². The Morgan fingerprint density at radius 2 is 1.90 bits per heavy atom. The Hall–Kier alpha value is -2.87. The molecule has 2 amide bonds. The molecule has 0 bridgehead atoms. The predicted molar refractivity (Wildman–Crippen MR) is 117 cm³/mol. The number of aryl methyl sites for hydroxylation is 1. The fraction of sp³-hybridized carbons (Fsp3) is 0.478. The molecule has 1 aromatic heterocycles. The number of amides is 2. The maximum absolute atomic E-state index is 13.1. The van der Waals surface area contributed by atoms with E-state index < -0.39 is 0 Å². The van der Waals surface area contributed by atoms with E-state index in [2.05, 4.69) is 20.2 Å². The Morgan fingerprint density at radius 3 is 2.55 bits per heavy atom. The molecule has 1 aliphatic heterocycles. The maximum atomic E-state index is 13.1. The number of likely N-dealkylation sites (tertiary alicyclic amines) is 1. The number of rotatable bonds is 7. The molecule has 2 aromatic rings. The first-order chi connectivity index (χ1) is 14.9. The van der Waals surface area contributed by atoms with Crippen LogP contribution in [0.1, 0.15) is 61.0 Å². The number of hydrogen-bond acceptors (Lipinski definition) is 5. The lowest BCUT2D eigenvalue weighted by Crippen LogP contribution is -2.44. The molecule has 0 aliphatic carbocycles. The highest BCUT2D eigenvalue weighted by Crippen LogP contribution is 2.29. The Labute approximate surface area is 182 Å². The Kier molecular flexibility index (Phi) is 7.68. The van der Waals surface area contributed by atoms with Crippen molar-refractivity contribution in [2.45, 2.75) is 46.1 Å². The maximum Gasteiger partial charge on any atom is 0.259 e. The SMILES string of the molecule is CCN(CC)CC(=O)N1CCCCC1c1ncc(C(=O)Nc2ccc(F)cc2)c(C)n1. The molecule has 1 aliphatic rings. The van der Waals surface area contributed by atoms with E-state index in [0.29, 0.717) is 35.9 Å². The van der Waals surface area contributed by atoms with E-state index in [1.807, 2.05) is 18.7 Å². The van der Waals surface area contributed by atoms with Gasteiger partial charge in [-0.05, 0) is 63.5 Å². The van der Waals surface area contributed by atoms with Gasteiger partial charge in [-0.2, -0.15) is 0 Å². The summed E-state index contributed by atoms with van der Waals surface area (Å²) in [5.41, 5.74) is 1.39. The molecule has 31 heavy (non-hydrogen) atoms. The quantitative estimate of drug-likeness (QED) is 0.731. The molecule has 7 nitrogen and oxygen atoms in total. The Bertz CT molecular complexity index is 915. The summed E-state index contributed by atoms with van der Waals surface area (Å²) in [6, 6.07) is 5.40. The van der Waals surface area contributed by atoms with Gasteiger partial charge in [-0.25, -0.2) is 14.4 Å². The molecule has 166 valence electrons. The molecule has 3 rings (SSSR count). The molecule has 1 unspecified atom stereocenters. The molecule has 1 N–H and O–H groups in total. The second kappa shape index (κ2) is 10.4. The molecular weight excluding hydrogens is 397 g/mol. The second-order valence-corrected chi connectivity index (χ2v) is 7.75. The summed E-state index contributed by atoms with van der Waals surface area (Å²) in [6.07, 6.45) is 4.30. The Morgan fingerprint density at radius 1 is 1.19 bits per heavy atom. The number of nitrogens with one attached hydrogen (secondary N) is 1. The van der Waals surface area contributed by atoms with Gasteiger partial charge in [0.2, 0.25) is 5.91 Å². The highest BCUT2D eigenvalue weighted by molar-refractivity contribution is 6.04. The topological polar surface area (TPSA) is 78.4 Å². The highest BCUT2D eigenvalue weighted by atomic mass is 19.1. The van der Waals surface area contributed by atoms with Gasteiger partial charge in [0.05, 0.1) is 23.8 Å². The first-order valence-electron chi connectivity index (χ1n) is 10.8. The zero-order valence-electron chi connectivity index (χ0n) is 18.4. The minimum absolute atomic E-state index is 0.0905. The van der Waals surface area contributed by atoms with Crippen LogP contribution in [0.15, 0.2) is 30.5 Å². The van der Waals surface area contributed by atoms with Crippen molar-refractivity contribution in [2.75, 3.05) is 31.5 Å². The third kappa shape index (κ3) is 5.64. The first kappa shape index (κ1) is 22.8. The van der Waals surface area contributed by atoms with Crippen molar-refractivity contribution in [2.24, 2.45) is 0 Å². The summed E-state index contributed by atoms with van der Waals surface area (Å²) in [5, 5.41) is 2.73. The van der Waals surface area contributed by atoms with Gasteiger partial charge < -0.3 is 10.2 Å². The predicted octanol–water partition coefficient (Wildman–Crippen LogP) is 3.57. The normalized spacial score (nSPS) is 16.4. The second-order valence-electron chi connectivity index (χ2n) is 7.75. The van der Waals surface area contributed by atoms with Crippen molar-refractivity contribution >= 4 is 17.5 Å². The number of anilines is 1. The largest absolute Gasteiger partial charge is 0.331 e. The van der Waals surface area contributed by atoms with E-state index in [9.17, 15) is 14.0 Å². The highest BCUT2D eigenvalue weighted by Gasteiger charge is 2.31. The minimum Gasteiger partial charge on any atom is -0.331 e. The lowest BCUT2D eigenvalue weighted by Gasteiger charge is -2.36. The number of halogens is 1. The van der Waals surface area contributed by atoms with Crippen molar-refractivity contribution in [1.29, 1.82) is 0 Å². The van der Waals surface area contributed by atoms with Crippen LogP contribution in [0.25, 0.3) is 0 Å². The van der Waals surface area contributed by atoms with E-state index in [0.717, 1.165) is 32.4 Å². The smallest absolute Gasteiger partial charge is 0.259 e.